The molecule has 0 aliphatic heterocycles. The van der Waals surface area contributed by atoms with Crippen LogP contribution in [0.4, 0.5) is 0 Å². The van der Waals surface area contributed by atoms with Gasteiger partial charge in [-0.2, -0.15) is 0 Å². The van der Waals surface area contributed by atoms with E-state index < -0.39 is 0 Å². The van der Waals surface area contributed by atoms with Gasteiger partial charge in [0.2, 0.25) is 0 Å². The topological polar surface area (TPSA) is 48.1 Å². The Morgan fingerprint density at radius 3 is 2.73 bits per heavy atom. The first-order valence-electron chi connectivity index (χ1n) is 7.12. The number of benzene rings is 2. The maximum atomic E-state index is 5.83. The van der Waals surface area contributed by atoms with Gasteiger partial charge < -0.3 is 10.5 Å². The van der Waals surface area contributed by atoms with Crippen LogP contribution in [-0.4, -0.2) is 12.1 Å². The van der Waals surface area contributed by atoms with Crippen LogP contribution in [-0.2, 0) is 6.54 Å². The van der Waals surface area contributed by atoms with E-state index in [0.29, 0.717) is 6.54 Å². The lowest BCUT2D eigenvalue weighted by Crippen LogP contribution is -1.98. The van der Waals surface area contributed by atoms with Crippen molar-refractivity contribution in [2.75, 3.05) is 7.11 Å². The number of hydrogen-bond acceptors (Lipinski definition) is 4. The minimum absolute atomic E-state index is 0.513. The summed E-state index contributed by atoms with van der Waals surface area (Å²) in [5.41, 5.74) is 11.2. The lowest BCUT2D eigenvalue weighted by atomic mass is 10.1. The largest absolute Gasteiger partial charge is 0.496 e. The number of ether oxygens (including phenoxy) is 1. The van der Waals surface area contributed by atoms with Crippen LogP contribution < -0.4 is 10.5 Å². The molecule has 2 aromatic carbocycles. The monoisotopic (exact) mass is 310 g/mol. The first-order valence-corrected chi connectivity index (χ1v) is 7.99. The molecule has 0 fully saturated rings. The summed E-state index contributed by atoms with van der Waals surface area (Å²) in [6.07, 6.45) is 0. The van der Waals surface area contributed by atoms with Gasteiger partial charge in [-0.25, -0.2) is 4.98 Å². The Morgan fingerprint density at radius 2 is 1.95 bits per heavy atom. The normalized spacial score (nSPS) is 10.7. The van der Waals surface area contributed by atoms with E-state index in [2.05, 4.69) is 24.4 Å². The molecule has 1 heterocycles. The van der Waals surface area contributed by atoms with Crippen molar-refractivity contribution in [1.29, 1.82) is 0 Å². The summed E-state index contributed by atoms with van der Waals surface area (Å²) in [4.78, 5) is 4.79. The van der Waals surface area contributed by atoms with Crippen LogP contribution in [0.1, 0.15) is 11.1 Å². The molecule has 3 aromatic rings. The fourth-order valence-corrected chi connectivity index (χ4v) is 3.33. The van der Waals surface area contributed by atoms with Crippen molar-refractivity contribution in [3.8, 4) is 27.6 Å². The van der Waals surface area contributed by atoms with Crippen LogP contribution in [0.25, 0.3) is 21.8 Å². The minimum Gasteiger partial charge on any atom is -0.496 e. The summed E-state index contributed by atoms with van der Waals surface area (Å²) in [6, 6.07) is 14.3. The Bertz CT molecular complexity index is 795. The summed E-state index contributed by atoms with van der Waals surface area (Å²) < 4.78 is 5.46. The quantitative estimate of drug-likeness (QED) is 0.783. The van der Waals surface area contributed by atoms with Crippen LogP contribution in [0, 0.1) is 6.92 Å². The van der Waals surface area contributed by atoms with Crippen molar-refractivity contribution in [2.24, 2.45) is 5.73 Å². The molecule has 3 nitrogen and oxygen atoms in total. The molecule has 3 rings (SSSR count). The third-order valence-electron chi connectivity index (χ3n) is 3.60. The predicted octanol–water partition coefficient (Wildman–Crippen LogP) is 4.25. The van der Waals surface area contributed by atoms with E-state index in [0.717, 1.165) is 33.1 Å². The van der Waals surface area contributed by atoms with Gasteiger partial charge in [-0.1, -0.05) is 35.9 Å². The van der Waals surface area contributed by atoms with E-state index in [9.17, 15) is 0 Å². The molecule has 0 saturated carbocycles. The van der Waals surface area contributed by atoms with Gasteiger partial charge in [-0.3, -0.25) is 0 Å². The fourth-order valence-electron chi connectivity index (χ4n) is 2.45. The van der Waals surface area contributed by atoms with Crippen LogP contribution in [0.15, 0.2) is 47.8 Å². The molecule has 0 aliphatic carbocycles. The molecule has 4 heteroatoms. The highest BCUT2D eigenvalue weighted by molar-refractivity contribution is 7.13. The van der Waals surface area contributed by atoms with Gasteiger partial charge in [0.1, 0.15) is 10.8 Å². The fraction of sp³-hybridized carbons (Fsp3) is 0.167. The third-order valence-corrected chi connectivity index (χ3v) is 4.48. The second-order valence-corrected chi connectivity index (χ2v) is 5.96. The first-order chi connectivity index (χ1) is 10.7. The van der Waals surface area contributed by atoms with E-state index in [1.807, 2.05) is 30.3 Å². The van der Waals surface area contributed by atoms with Gasteiger partial charge in [0, 0.05) is 23.1 Å². The number of nitrogens with two attached hydrogens (primary N) is 1. The second-order valence-electron chi connectivity index (χ2n) is 5.10. The van der Waals surface area contributed by atoms with Gasteiger partial charge >= 0.3 is 0 Å². The maximum absolute atomic E-state index is 5.83. The van der Waals surface area contributed by atoms with Gasteiger partial charge in [0.05, 0.1) is 12.8 Å². The highest BCUT2D eigenvalue weighted by Gasteiger charge is 2.13. The Balaban J connectivity index is 2.06. The summed E-state index contributed by atoms with van der Waals surface area (Å²) in [7, 11) is 1.69. The number of methoxy groups -OCH3 is 1. The van der Waals surface area contributed by atoms with Gasteiger partial charge in [-0.15, -0.1) is 11.3 Å². The van der Waals surface area contributed by atoms with Crippen molar-refractivity contribution in [3.63, 3.8) is 0 Å². The second kappa shape index (κ2) is 6.30. The average Bonchev–Trinajstić information content (AvgIpc) is 3.04. The molecule has 0 spiro atoms. The predicted molar refractivity (Wildman–Crippen MR) is 92.2 cm³/mol. The Kier molecular flexibility index (Phi) is 4.22. The minimum atomic E-state index is 0.513. The molecule has 0 saturated heterocycles. The Morgan fingerprint density at radius 1 is 1.14 bits per heavy atom. The zero-order valence-electron chi connectivity index (χ0n) is 12.7. The number of rotatable bonds is 4. The van der Waals surface area contributed by atoms with Crippen LogP contribution in [0.5, 0.6) is 5.75 Å². The SMILES string of the molecule is COc1ccc(C)cc1-c1csc(-c2ccccc2CN)n1. The van der Waals surface area contributed by atoms with Crippen molar-refractivity contribution in [1.82, 2.24) is 4.98 Å². The maximum Gasteiger partial charge on any atom is 0.128 e. The van der Waals surface area contributed by atoms with Gasteiger partial charge in [0.25, 0.3) is 0 Å². The van der Waals surface area contributed by atoms with Crippen molar-refractivity contribution >= 4 is 11.3 Å². The van der Waals surface area contributed by atoms with Gasteiger partial charge in [-0.05, 0) is 24.6 Å². The number of nitrogens with zero attached hydrogens (tertiary/aromatic N) is 1. The first kappa shape index (κ1) is 14.8. The average molecular weight is 310 g/mol. The number of thiazole rings is 1. The van der Waals surface area contributed by atoms with E-state index in [1.54, 1.807) is 18.4 Å². The van der Waals surface area contributed by atoms with E-state index in [4.69, 9.17) is 15.5 Å². The molecule has 0 radical (unpaired) electrons. The summed E-state index contributed by atoms with van der Waals surface area (Å²) in [5, 5.41) is 3.06. The van der Waals surface area contributed by atoms with Gasteiger partial charge in [0.15, 0.2) is 0 Å². The summed E-state index contributed by atoms with van der Waals surface area (Å²) in [6.45, 7) is 2.58. The lowest BCUT2D eigenvalue weighted by Gasteiger charge is -2.07. The number of aromatic nitrogens is 1. The molecular weight excluding hydrogens is 292 g/mol. The summed E-state index contributed by atoms with van der Waals surface area (Å²) >= 11 is 1.63. The standard InChI is InChI=1S/C18H18N2OS/c1-12-7-8-17(21-2)15(9-12)16-11-22-18(20-16)14-6-4-3-5-13(14)10-19/h3-9,11H,10,19H2,1-2H3. The van der Waals surface area contributed by atoms with E-state index in [1.165, 1.54) is 5.56 Å². The Labute approximate surface area is 134 Å². The molecule has 22 heavy (non-hydrogen) atoms. The van der Waals surface area contributed by atoms with Crippen LogP contribution in [0.3, 0.4) is 0 Å². The van der Waals surface area contributed by atoms with Crippen molar-refractivity contribution in [3.05, 3.63) is 59.0 Å². The molecule has 1 aromatic heterocycles. The Hall–Kier alpha value is -2.17. The molecular formula is C18H18N2OS. The number of aryl methyl sites for hydroxylation is 1. The van der Waals surface area contributed by atoms with E-state index >= 15 is 0 Å². The number of hydrogen-bond donors (Lipinski definition) is 1. The lowest BCUT2D eigenvalue weighted by molar-refractivity contribution is 0.416. The summed E-state index contributed by atoms with van der Waals surface area (Å²) in [5.74, 6) is 0.842. The zero-order valence-corrected chi connectivity index (χ0v) is 13.5. The molecule has 0 amide bonds. The molecule has 0 bridgehead atoms. The van der Waals surface area contributed by atoms with Crippen molar-refractivity contribution < 1.29 is 4.74 Å². The van der Waals surface area contributed by atoms with Crippen LogP contribution in [0.2, 0.25) is 0 Å². The molecule has 2 N–H and O–H groups in total. The van der Waals surface area contributed by atoms with Crippen LogP contribution >= 0.6 is 11.3 Å². The molecule has 0 unspecified atom stereocenters. The smallest absolute Gasteiger partial charge is 0.128 e. The van der Waals surface area contributed by atoms with E-state index in [-0.39, 0.29) is 0 Å². The highest BCUT2D eigenvalue weighted by atomic mass is 32.1. The van der Waals surface area contributed by atoms with Crippen molar-refractivity contribution in [2.45, 2.75) is 13.5 Å². The third kappa shape index (κ3) is 2.75. The molecule has 112 valence electrons. The molecule has 0 atom stereocenters. The molecule has 0 aliphatic rings. The zero-order chi connectivity index (χ0) is 15.5. The highest BCUT2D eigenvalue weighted by Crippen LogP contribution is 2.35.